The van der Waals surface area contributed by atoms with Gasteiger partial charge < -0.3 is 19.4 Å². The van der Waals surface area contributed by atoms with Gasteiger partial charge in [-0.1, -0.05) is 0 Å². The number of carbonyl (C=O) groups is 1. The van der Waals surface area contributed by atoms with Crippen LogP contribution in [0.5, 0.6) is 0 Å². The van der Waals surface area contributed by atoms with Crippen LogP contribution >= 0.6 is 0 Å². The van der Waals surface area contributed by atoms with Gasteiger partial charge >= 0.3 is 6.18 Å². The third kappa shape index (κ3) is 4.37. The number of imidazole rings is 1. The Hall–Kier alpha value is -2.20. The number of H-pyrrole nitrogens is 1. The average molecular weight is 415 g/mol. The van der Waals surface area contributed by atoms with Crippen molar-refractivity contribution >= 4 is 16.9 Å². The Balaban J connectivity index is 1.36. The second kappa shape index (κ2) is 7.91. The van der Waals surface area contributed by atoms with E-state index in [0.717, 1.165) is 12.1 Å². The van der Waals surface area contributed by atoms with Crippen LogP contribution in [0.4, 0.5) is 17.6 Å². The minimum Gasteiger partial charge on any atom is -0.381 e. The highest BCUT2D eigenvalue weighted by Crippen LogP contribution is 2.31. The number of nitrogens with one attached hydrogen (secondary N) is 1. The molecule has 3 heterocycles. The molecule has 1 N–H and O–H groups in total. The molecular weight excluding hydrogens is 394 g/mol. The van der Waals surface area contributed by atoms with Crippen molar-refractivity contribution < 1.29 is 31.8 Å². The summed E-state index contributed by atoms with van der Waals surface area (Å²) in [6.07, 6.45) is -5.28. The van der Waals surface area contributed by atoms with E-state index in [2.05, 4.69) is 9.97 Å². The summed E-state index contributed by atoms with van der Waals surface area (Å²) >= 11 is 0. The van der Waals surface area contributed by atoms with Crippen LogP contribution in [0.3, 0.4) is 0 Å². The summed E-state index contributed by atoms with van der Waals surface area (Å²) in [5.74, 6) is 0.0825. The summed E-state index contributed by atoms with van der Waals surface area (Å²) in [4.78, 5) is 21.0. The van der Waals surface area contributed by atoms with E-state index in [4.69, 9.17) is 9.47 Å². The molecule has 10 heteroatoms. The molecule has 0 aliphatic carbocycles. The molecule has 2 unspecified atom stereocenters. The molecule has 2 atom stereocenters. The van der Waals surface area contributed by atoms with E-state index in [1.54, 1.807) is 0 Å². The fourth-order valence-corrected chi connectivity index (χ4v) is 3.77. The topological polar surface area (TPSA) is 67.4 Å². The summed E-state index contributed by atoms with van der Waals surface area (Å²) < 4.78 is 63.6. The van der Waals surface area contributed by atoms with Crippen LogP contribution in [0, 0.1) is 5.92 Å². The van der Waals surface area contributed by atoms with Crippen molar-refractivity contribution in [2.75, 3.05) is 26.3 Å². The Morgan fingerprint density at radius 2 is 2.03 bits per heavy atom. The molecule has 6 nitrogen and oxygen atoms in total. The van der Waals surface area contributed by atoms with Crippen molar-refractivity contribution in [3.8, 4) is 0 Å². The van der Waals surface area contributed by atoms with Gasteiger partial charge in [0.25, 0.3) is 0 Å². The van der Waals surface area contributed by atoms with Crippen molar-refractivity contribution in [3.63, 3.8) is 0 Å². The van der Waals surface area contributed by atoms with E-state index in [9.17, 15) is 22.4 Å². The van der Waals surface area contributed by atoms with Gasteiger partial charge in [0, 0.05) is 25.7 Å². The lowest BCUT2D eigenvalue weighted by molar-refractivity contribution is -0.138. The maximum absolute atomic E-state index is 14.4. The molecule has 2 aliphatic heterocycles. The maximum atomic E-state index is 14.4. The second-order valence-electron chi connectivity index (χ2n) is 7.41. The lowest BCUT2D eigenvalue weighted by Crippen LogP contribution is -2.37. The molecule has 2 aliphatic rings. The molecule has 158 valence electrons. The number of hydrogen-bond acceptors (Lipinski definition) is 4. The Morgan fingerprint density at radius 1 is 1.28 bits per heavy atom. The van der Waals surface area contributed by atoms with Crippen molar-refractivity contribution in [3.05, 3.63) is 29.6 Å². The molecule has 2 aromatic rings. The molecule has 1 amide bonds. The van der Waals surface area contributed by atoms with Crippen LogP contribution in [0.25, 0.3) is 11.0 Å². The molecule has 0 bridgehead atoms. The van der Waals surface area contributed by atoms with Crippen LogP contribution in [0.2, 0.25) is 0 Å². The standard InChI is InChI=1S/C19H21F4N3O3/c20-13-8-26(18(27)11-3-5-28-6-4-11)9-16(13)29-10-17-24-14-2-1-12(19(21,22)23)7-15(14)25-17/h1-2,7,11,13,16H,3-6,8-10H2,(H,24,25). The number of rotatable bonds is 4. The normalized spacial score (nSPS) is 23.8. The number of alkyl halides is 4. The average Bonchev–Trinajstić information content (AvgIpc) is 3.28. The number of carbonyl (C=O) groups excluding carboxylic acids is 1. The zero-order valence-electron chi connectivity index (χ0n) is 15.5. The minimum atomic E-state index is -4.44. The quantitative estimate of drug-likeness (QED) is 0.780. The Morgan fingerprint density at radius 3 is 2.76 bits per heavy atom. The highest BCUT2D eigenvalue weighted by Gasteiger charge is 2.39. The molecule has 2 fully saturated rings. The van der Waals surface area contributed by atoms with E-state index >= 15 is 0 Å². The summed E-state index contributed by atoms with van der Waals surface area (Å²) in [6, 6.07) is 3.22. The Kier molecular flexibility index (Phi) is 5.48. The zero-order valence-corrected chi connectivity index (χ0v) is 15.5. The molecule has 1 aromatic heterocycles. The predicted molar refractivity (Wildman–Crippen MR) is 94.7 cm³/mol. The largest absolute Gasteiger partial charge is 0.416 e. The lowest BCUT2D eigenvalue weighted by Gasteiger charge is -2.26. The van der Waals surface area contributed by atoms with Crippen molar-refractivity contribution in [2.24, 2.45) is 5.92 Å². The zero-order chi connectivity index (χ0) is 20.6. The van der Waals surface area contributed by atoms with E-state index in [-0.39, 0.29) is 37.0 Å². The molecule has 0 spiro atoms. The van der Waals surface area contributed by atoms with E-state index < -0.39 is 24.0 Å². The molecule has 2 saturated heterocycles. The first-order valence-corrected chi connectivity index (χ1v) is 9.49. The van der Waals surface area contributed by atoms with Gasteiger partial charge in [0.15, 0.2) is 0 Å². The third-order valence-corrected chi connectivity index (χ3v) is 5.37. The van der Waals surface area contributed by atoms with Gasteiger partial charge in [-0.25, -0.2) is 9.37 Å². The summed E-state index contributed by atoms with van der Waals surface area (Å²) in [5, 5.41) is 0. The van der Waals surface area contributed by atoms with E-state index in [1.807, 2.05) is 0 Å². The number of fused-ring (bicyclic) bond motifs is 1. The number of hydrogen-bond donors (Lipinski definition) is 1. The first kappa shape index (κ1) is 20.1. The van der Waals surface area contributed by atoms with Gasteiger partial charge in [0.2, 0.25) is 5.91 Å². The molecule has 4 rings (SSSR count). The SMILES string of the molecule is O=C(C1CCOCC1)N1CC(F)C(OCc2nc3ccc(C(F)(F)F)cc3[nH]2)C1. The third-order valence-electron chi connectivity index (χ3n) is 5.37. The highest BCUT2D eigenvalue weighted by molar-refractivity contribution is 5.79. The van der Waals surface area contributed by atoms with Crippen LogP contribution in [0.15, 0.2) is 18.2 Å². The van der Waals surface area contributed by atoms with Gasteiger partial charge in [-0.15, -0.1) is 0 Å². The van der Waals surface area contributed by atoms with Crippen LogP contribution in [-0.2, 0) is 27.1 Å². The van der Waals surface area contributed by atoms with Gasteiger partial charge in [-0.3, -0.25) is 4.79 Å². The summed E-state index contributed by atoms with van der Waals surface area (Å²) in [7, 11) is 0. The van der Waals surface area contributed by atoms with Crippen molar-refractivity contribution in [1.29, 1.82) is 0 Å². The van der Waals surface area contributed by atoms with Crippen LogP contribution in [0.1, 0.15) is 24.2 Å². The molecule has 29 heavy (non-hydrogen) atoms. The number of benzene rings is 1. The number of aromatic amines is 1. The van der Waals surface area contributed by atoms with Crippen LogP contribution < -0.4 is 0 Å². The van der Waals surface area contributed by atoms with Gasteiger partial charge in [-0.05, 0) is 31.0 Å². The molecular formula is C19H21F4N3O3. The van der Waals surface area contributed by atoms with Crippen LogP contribution in [-0.4, -0.2) is 59.4 Å². The number of amides is 1. The van der Waals surface area contributed by atoms with E-state index in [0.29, 0.717) is 37.4 Å². The van der Waals surface area contributed by atoms with Gasteiger partial charge in [0.05, 0.1) is 23.1 Å². The Bertz CT molecular complexity index is 879. The highest BCUT2D eigenvalue weighted by atomic mass is 19.4. The molecule has 0 radical (unpaired) electrons. The number of aromatic nitrogens is 2. The summed E-state index contributed by atoms with van der Waals surface area (Å²) in [5.41, 5.74) is -0.169. The fraction of sp³-hybridized carbons (Fsp3) is 0.579. The number of likely N-dealkylation sites (tertiary alicyclic amines) is 1. The monoisotopic (exact) mass is 415 g/mol. The number of ether oxygens (including phenoxy) is 2. The van der Waals surface area contributed by atoms with E-state index in [1.165, 1.54) is 11.0 Å². The van der Waals surface area contributed by atoms with Crippen molar-refractivity contribution in [1.82, 2.24) is 14.9 Å². The number of nitrogens with zero attached hydrogens (tertiary/aromatic N) is 2. The first-order valence-electron chi connectivity index (χ1n) is 9.49. The molecule has 0 saturated carbocycles. The number of halogens is 4. The first-order chi connectivity index (χ1) is 13.8. The Labute approximate surface area is 164 Å². The maximum Gasteiger partial charge on any atom is 0.416 e. The lowest BCUT2D eigenvalue weighted by atomic mass is 9.99. The van der Waals surface area contributed by atoms with Gasteiger partial charge in [0.1, 0.15) is 24.7 Å². The smallest absolute Gasteiger partial charge is 0.381 e. The molecule has 1 aromatic carbocycles. The van der Waals surface area contributed by atoms with Crippen molar-refractivity contribution in [2.45, 2.75) is 37.9 Å². The minimum absolute atomic E-state index is 0.0179. The second-order valence-corrected chi connectivity index (χ2v) is 7.41. The predicted octanol–water partition coefficient (Wildman–Crippen LogP) is 3.07. The van der Waals surface area contributed by atoms with Gasteiger partial charge in [-0.2, -0.15) is 13.2 Å². The summed E-state index contributed by atoms with van der Waals surface area (Å²) in [6.45, 7) is 1.11. The fourth-order valence-electron chi connectivity index (χ4n) is 3.77.